The summed E-state index contributed by atoms with van der Waals surface area (Å²) in [4.78, 5) is 22.0. The van der Waals surface area contributed by atoms with E-state index in [1.807, 2.05) is 18.2 Å². The van der Waals surface area contributed by atoms with Crippen molar-refractivity contribution in [3.63, 3.8) is 0 Å². The van der Waals surface area contributed by atoms with E-state index in [1.54, 1.807) is 12.1 Å². The highest BCUT2D eigenvalue weighted by molar-refractivity contribution is 7.15. The normalized spacial score (nSPS) is 10.1. The number of hydrogen-bond donors (Lipinski definition) is 2. The Morgan fingerprint density at radius 1 is 1.30 bits per heavy atom. The lowest BCUT2D eigenvalue weighted by molar-refractivity contribution is -0.380. The van der Waals surface area contributed by atoms with Crippen LogP contribution < -0.4 is 10.6 Å². The number of rotatable bonds is 5. The largest absolute Gasteiger partial charge is 0.380 e. The lowest BCUT2D eigenvalue weighted by atomic mass is 10.2. The van der Waals surface area contributed by atoms with Gasteiger partial charge >= 0.3 is 5.00 Å². The van der Waals surface area contributed by atoms with Crippen molar-refractivity contribution in [3.05, 3.63) is 51.4 Å². The molecule has 0 aliphatic carbocycles. The highest BCUT2D eigenvalue weighted by Crippen LogP contribution is 2.25. The Bertz CT molecular complexity index is 639. The maximum absolute atomic E-state index is 11.0. The van der Waals surface area contributed by atoms with E-state index in [0.29, 0.717) is 12.2 Å². The molecule has 2 N–H and O–H groups in total. The highest BCUT2D eigenvalue weighted by Gasteiger charge is 2.09. The van der Waals surface area contributed by atoms with Crippen molar-refractivity contribution in [2.45, 2.75) is 13.5 Å². The number of nitrogens with one attached hydrogen (secondary N) is 2. The van der Waals surface area contributed by atoms with Crippen LogP contribution >= 0.6 is 11.3 Å². The Kier molecular flexibility index (Phi) is 4.31. The van der Waals surface area contributed by atoms with Crippen LogP contribution in [0.15, 0.2) is 36.4 Å². The number of amides is 1. The van der Waals surface area contributed by atoms with Gasteiger partial charge in [-0.2, -0.15) is 0 Å². The lowest BCUT2D eigenvalue weighted by Crippen LogP contribution is -2.06. The van der Waals surface area contributed by atoms with Crippen LogP contribution in [0, 0.1) is 10.1 Å². The Hall–Kier alpha value is -2.41. The van der Waals surface area contributed by atoms with Crippen LogP contribution in [0.4, 0.5) is 16.4 Å². The number of carbonyl (C=O) groups excluding carboxylic acids is 1. The van der Waals surface area contributed by atoms with Crippen molar-refractivity contribution in [3.8, 4) is 0 Å². The minimum Gasteiger partial charge on any atom is -0.380 e. The smallest absolute Gasteiger partial charge is 0.324 e. The summed E-state index contributed by atoms with van der Waals surface area (Å²) in [6.45, 7) is 1.95. The maximum atomic E-state index is 11.0. The zero-order chi connectivity index (χ0) is 14.5. The maximum Gasteiger partial charge on any atom is 0.324 e. The molecule has 1 amide bonds. The fraction of sp³-hybridized carbons (Fsp3) is 0.154. The quantitative estimate of drug-likeness (QED) is 0.654. The van der Waals surface area contributed by atoms with Crippen LogP contribution in [-0.2, 0) is 11.3 Å². The predicted molar refractivity (Wildman–Crippen MR) is 79.0 cm³/mol. The molecule has 7 heteroatoms. The molecule has 0 spiro atoms. The second-order valence-corrected chi connectivity index (χ2v) is 5.26. The third-order valence-corrected chi connectivity index (χ3v) is 3.51. The summed E-state index contributed by atoms with van der Waals surface area (Å²) in [6, 6.07) is 10.5. The third-order valence-electron chi connectivity index (χ3n) is 2.48. The van der Waals surface area contributed by atoms with Crippen molar-refractivity contribution in [1.82, 2.24) is 0 Å². The zero-order valence-electron chi connectivity index (χ0n) is 10.8. The van der Waals surface area contributed by atoms with Crippen LogP contribution in [0.25, 0.3) is 0 Å². The first-order valence-electron chi connectivity index (χ1n) is 5.89. The zero-order valence-corrected chi connectivity index (χ0v) is 11.6. The molecule has 0 aliphatic rings. The highest BCUT2D eigenvalue weighted by atomic mass is 32.1. The number of anilines is 2. The molecule has 0 radical (unpaired) electrons. The first kappa shape index (κ1) is 14.0. The SMILES string of the molecule is CC(=O)Nc1cccc(NCc2ccc([N+](=O)[O-])s2)c1. The Balaban J connectivity index is 1.99. The van der Waals surface area contributed by atoms with Crippen LogP contribution in [0.2, 0.25) is 0 Å². The minimum absolute atomic E-state index is 0.129. The van der Waals surface area contributed by atoms with Gasteiger partial charge in [-0.15, -0.1) is 0 Å². The molecule has 0 aliphatic heterocycles. The van der Waals surface area contributed by atoms with Gasteiger partial charge in [-0.3, -0.25) is 14.9 Å². The molecule has 1 heterocycles. The molecule has 0 saturated heterocycles. The predicted octanol–water partition coefficient (Wildman–Crippen LogP) is 3.23. The van der Waals surface area contributed by atoms with Gasteiger partial charge in [-0.05, 0) is 24.3 Å². The number of nitro groups is 1. The molecule has 2 aromatic rings. The van der Waals surface area contributed by atoms with Crippen LogP contribution in [0.3, 0.4) is 0 Å². The molecule has 0 atom stereocenters. The third kappa shape index (κ3) is 3.79. The lowest BCUT2D eigenvalue weighted by Gasteiger charge is -2.07. The fourth-order valence-electron chi connectivity index (χ4n) is 1.66. The molecule has 20 heavy (non-hydrogen) atoms. The van der Waals surface area contributed by atoms with Crippen molar-refractivity contribution in [2.24, 2.45) is 0 Å². The standard InChI is InChI=1S/C13H13N3O3S/c1-9(17)15-11-4-2-3-10(7-11)14-8-12-5-6-13(20-12)16(18)19/h2-7,14H,8H2,1H3,(H,15,17). The molecule has 2 rings (SSSR count). The first-order chi connectivity index (χ1) is 9.54. The molecule has 1 aromatic carbocycles. The molecule has 0 unspecified atom stereocenters. The fourth-order valence-corrected chi connectivity index (χ4v) is 2.42. The monoisotopic (exact) mass is 291 g/mol. The topological polar surface area (TPSA) is 84.3 Å². The van der Waals surface area contributed by atoms with E-state index < -0.39 is 4.92 Å². The molecular weight excluding hydrogens is 278 g/mol. The van der Waals surface area contributed by atoms with Crippen molar-refractivity contribution in [2.75, 3.05) is 10.6 Å². The van der Waals surface area contributed by atoms with E-state index in [2.05, 4.69) is 10.6 Å². The molecule has 0 saturated carbocycles. The summed E-state index contributed by atoms with van der Waals surface area (Å²) in [5.41, 5.74) is 1.55. The van der Waals surface area contributed by atoms with E-state index in [1.165, 1.54) is 13.0 Å². The summed E-state index contributed by atoms with van der Waals surface area (Å²) in [5.74, 6) is -0.129. The molecule has 1 aromatic heterocycles. The van der Waals surface area contributed by atoms with E-state index in [0.717, 1.165) is 21.9 Å². The van der Waals surface area contributed by atoms with Crippen molar-refractivity contribution in [1.29, 1.82) is 0 Å². The molecular formula is C13H13N3O3S. The molecule has 6 nitrogen and oxygen atoms in total. The van der Waals surface area contributed by atoms with Crippen molar-refractivity contribution >= 4 is 33.6 Å². The van der Waals surface area contributed by atoms with Gasteiger partial charge in [0.05, 0.1) is 4.92 Å². The first-order valence-corrected chi connectivity index (χ1v) is 6.71. The summed E-state index contributed by atoms with van der Waals surface area (Å²) in [7, 11) is 0. The van der Waals surface area contributed by atoms with Gasteiger partial charge < -0.3 is 10.6 Å². The van der Waals surface area contributed by atoms with E-state index in [-0.39, 0.29) is 10.9 Å². The average Bonchev–Trinajstić information content (AvgIpc) is 2.85. The summed E-state index contributed by atoms with van der Waals surface area (Å²) >= 11 is 1.14. The number of carbonyl (C=O) groups is 1. The molecule has 0 fully saturated rings. The van der Waals surface area contributed by atoms with Gasteiger partial charge in [0.2, 0.25) is 5.91 Å². The van der Waals surface area contributed by atoms with E-state index >= 15 is 0 Å². The van der Waals surface area contributed by atoms with Gasteiger partial charge in [-0.25, -0.2) is 0 Å². The average molecular weight is 291 g/mol. The number of thiophene rings is 1. The van der Waals surface area contributed by atoms with E-state index in [9.17, 15) is 14.9 Å². The number of benzene rings is 1. The second-order valence-electron chi connectivity index (χ2n) is 4.11. The summed E-state index contributed by atoms with van der Waals surface area (Å²) < 4.78 is 0. The molecule has 104 valence electrons. The second kappa shape index (κ2) is 6.16. The van der Waals surface area contributed by atoms with Gasteiger partial charge in [-0.1, -0.05) is 17.4 Å². The Morgan fingerprint density at radius 3 is 2.70 bits per heavy atom. The van der Waals surface area contributed by atoms with Crippen LogP contribution in [0.1, 0.15) is 11.8 Å². The Morgan fingerprint density at radius 2 is 2.05 bits per heavy atom. The summed E-state index contributed by atoms with van der Waals surface area (Å²) in [6.07, 6.45) is 0. The van der Waals surface area contributed by atoms with Crippen LogP contribution in [-0.4, -0.2) is 10.8 Å². The molecule has 0 bridgehead atoms. The van der Waals surface area contributed by atoms with Crippen LogP contribution in [0.5, 0.6) is 0 Å². The Labute approximate surface area is 119 Å². The number of hydrogen-bond acceptors (Lipinski definition) is 5. The minimum atomic E-state index is -0.397. The van der Waals surface area contributed by atoms with Gasteiger partial charge in [0.25, 0.3) is 0 Å². The van der Waals surface area contributed by atoms with Gasteiger partial charge in [0.1, 0.15) is 0 Å². The van der Waals surface area contributed by atoms with Crippen molar-refractivity contribution < 1.29 is 9.72 Å². The van der Waals surface area contributed by atoms with Gasteiger partial charge in [0, 0.05) is 35.8 Å². The number of nitrogens with zero attached hydrogens (tertiary/aromatic N) is 1. The van der Waals surface area contributed by atoms with Gasteiger partial charge in [0.15, 0.2) is 0 Å². The summed E-state index contributed by atoms with van der Waals surface area (Å²) in [5, 5.41) is 16.6. The van der Waals surface area contributed by atoms with E-state index in [4.69, 9.17) is 0 Å².